The molecule has 0 amide bonds. The normalized spacial score (nSPS) is 15.7. The van der Waals surface area contributed by atoms with E-state index in [1.807, 2.05) is 0 Å². The number of carbonyl (C=O) groups excluding carboxylic acids is 2. The van der Waals surface area contributed by atoms with Crippen molar-refractivity contribution < 1.29 is 27.8 Å². The first kappa shape index (κ1) is 24.6. The lowest BCUT2D eigenvalue weighted by Gasteiger charge is -2.31. The largest absolute Gasteiger partial charge is 0.422 e. The van der Waals surface area contributed by atoms with Gasteiger partial charge in [-0.15, -0.1) is 0 Å². The predicted octanol–water partition coefficient (Wildman–Crippen LogP) is 3.73. The summed E-state index contributed by atoms with van der Waals surface area (Å²) in [6, 6.07) is 3.58. The lowest BCUT2D eigenvalue weighted by molar-refractivity contribution is -0.235. The van der Waals surface area contributed by atoms with Gasteiger partial charge >= 0.3 is 11.9 Å². The second-order valence-electron chi connectivity index (χ2n) is 6.94. The summed E-state index contributed by atoms with van der Waals surface area (Å²) in [6.07, 6.45) is 4.96. The van der Waals surface area contributed by atoms with Crippen molar-refractivity contribution >= 4 is 61.5 Å². The van der Waals surface area contributed by atoms with Crippen LogP contribution in [-0.4, -0.2) is 38.3 Å². The summed E-state index contributed by atoms with van der Waals surface area (Å²) in [6.45, 7) is 2.89. The summed E-state index contributed by atoms with van der Waals surface area (Å²) in [5, 5.41) is 0. The summed E-state index contributed by atoms with van der Waals surface area (Å²) in [5.74, 6) is -5.08. The Morgan fingerprint density at radius 2 is 1.70 bits per heavy atom. The Labute approximate surface area is 201 Å². The van der Waals surface area contributed by atoms with Crippen LogP contribution < -0.4 is 5.56 Å². The molecule has 0 aliphatic carbocycles. The summed E-state index contributed by atoms with van der Waals surface area (Å²) >= 11 is 5.94. The van der Waals surface area contributed by atoms with E-state index in [1.165, 1.54) is 49.0 Å². The van der Waals surface area contributed by atoms with Gasteiger partial charge in [0.2, 0.25) is 0 Å². The van der Waals surface area contributed by atoms with E-state index in [0.29, 0.717) is 5.65 Å². The van der Waals surface area contributed by atoms with Gasteiger partial charge in [-0.05, 0) is 31.9 Å². The minimum absolute atomic E-state index is 0.0242. The molecule has 0 spiro atoms. The number of hydrogen-bond acceptors (Lipinski definition) is 8. The van der Waals surface area contributed by atoms with Crippen LogP contribution >= 0.6 is 31.9 Å². The van der Waals surface area contributed by atoms with Gasteiger partial charge in [-0.1, -0.05) is 0 Å². The zero-order valence-electron chi connectivity index (χ0n) is 17.0. The highest BCUT2D eigenvalue weighted by molar-refractivity contribution is 9.10. The molecule has 172 valence electrons. The van der Waals surface area contributed by atoms with Crippen molar-refractivity contribution in [1.82, 2.24) is 14.4 Å². The van der Waals surface area contributed by atoms with Gasteiger partial charge in [0.15, 0.2) is 11.7 Å². The first-order chi connectivity index (χ1) is 15.5. The first-order valence-electron chi connectivity index (χ1n) is 9.10. The van der Waals surface area contributed by atoms with Crippen molar-refractivity contribution in [1.29, 1.82) is 0 Å². The fraction of sp³-hybridized carbons (Fsp3) is 0.200. The molecule has 3 aromatic heterocycles. The van der Waals surface area contributed by atoms with Crippen LogP contribution in [0.15, 0.2) is 55.5 Å². The number of carbonyl (C=O) groups is 2. The SMILES string of the molecule is CC1(C)OC(=O)C(C=Nc2cc(F)c(Br)cn2)C(=O)O1.O=c1ccnc2cc(F)c(Br)cn12. The quantitative estimate of drug-likeness (QED) is 0.255. The van der Waals surface area contributed by atoms with Crippen molar-refractivity contribution in [2.75, 3.05) is 0 Å². The van der Waals surface area contributed by atoms with E-state index in [4.69, 9.17) is 9.47 Å². The maximum Gasteiger partial charge on any atom is 0.329 e. The molecule has 0 saturated carbocycles. The monoisotopic (exact) mass is 586 g/mol. The van der Waals surface area contributed by atoms with E-state index in [2.05, 4.69) is 46.8 Å². The third-order valence-corrected chi connectivity index (χ3v) is 5.15. The van der Waals surface area contributed by atoms with Gasteiger partial charge in [0, 0.05) is 56.9 Å². The third-order valence-electron chi connectivity index (χ3n) is 3.99. The van der Waals surface area contributed by atoms with Crippen LogP contribution in [0.1, 0.15) is 13.8 Å². The summed E-state index contributed by atoms with van der Waals surface area (Å²) in [4.78, 5) is 46.0. The smallest absolute Gasteiger partial charge is 0.329 e. The highest BCUT2D eigenvalue weighted by atomic mass is 79.9. The molecule has 1 aliphatic heterocycles. The Morgan fingerprint density at radius 3 is 2.33 bits per heavy atom. The van der Waals surface area contributed by atoms with E-state index >= 15 is 0 Å². The van der Waals surface area contributed by atoms with Crippen molar-refractivity contribution in [2.45, 2.75) is 19.6 Å². The van der Waals surface area contributed by atoms with Crippen molar-refractivity contribution in [2.24, 2.45) is 10.9 Å². The fourth-order valence-electron chi connectivity index (χ4n) is 2.50. The number of fused-ring (bicyclic) bond motifs is 1. The van der Waals surface area contributed by atoms with Crippen molar-refractivity contribution in [3.63, 3.8) is 0 Å². The zero-order valence-corrected chi connectivity index (χ0v) is 20.1. The minimum Gasteiger partial charge on any atom is -0.422 e. The minimum atomic E-state index is -1.29. The lowest BCUT2D eigenvalue weighted by atomic mass is 10.1. The molecule has 0 N–H and O–H groups in total. The molecule has 33 heavy (non-hydrogen) atoms. The topological polar surface area (TPSA) is 112 Å². The number of cyclic esters (lactones) is 2. The Balaban J connectivity index is 0.000000203. The molecule has 13 heteroatoms. The van der Waals surface area contributed by atoms with Gasteiger partial charge in [-0.25, -0.2) is 23.7 Å². The van der Waals surface area contributed by atoms with E-state index < -0.39 is 35.3 Å². The summed E-state index contributed by atoms with van der Waals surface area (Å²) in [7, 11) is 0. The third kappa shape index (κ3) is 6.05. The second kappa shape index (κ2) is 9.83. The molecule has 0 radical (unpaired) electrons. The van der Waals surface area contributed by atoms with Crippen LogP contribution in [0, 0.1) is 17.6 Å². The van der Waals surface area contributed by atoms with E-state index in [0.717, 1.165) is 12.3 Å². The molecule has 0 unspecified atom stereocenters. The molecular weight excluding hydrogens is 574 g/mol. The van der Waals surface area contributed by atoms with Crippen molar-refractivity contribution in [3.8, 4) is 0 Å². The van der Waals surface area contributed by atoms with Crippen LogP contribution in [0.5, 0.6) is 0 Å². The molecule has 1 fully saturated rings. The predicted molar refractivity (Wildman–Crippen MR) is 119 cm³/mol. The summed E-state index contributed by atoms with van der Waals surface area (Å²) < 4.78 is 37.8. The number of esters is 2. The Bertz CT molecular complexity index is 1310. The molecule has 9 nitrogen and oxygen atoms in total. The number of nitrogens with zero attached hydrogens (tertiary/aromatic N) is 4. The highest BCUT2D eigenvalue weighted by Gasteiger charge is 2.42. The zero-order chi connectivity index (χ0) is 24.3. The van der Waals surface area contributed by atoms with Gasteiger partial charge in [0.25, 0.3) is 11.3 Å². The number of aromatic nitrogens is 3. The van der Waals surface area contributed by atoms with Gasteiger partial charge < -0.3 is 9.47 Å². The average Bonchev–Trinajstić information content (AvgIpc) is 2.71. The van der Waals surface area contributed by atoms with Crippen LogP contribution in [0.3, 0.4) is 0 Å². The number of pyridine rings is 2. The van der Waals surface area contributed by atoms with E-state index in [9.17, 15) is 23.2 Å². The van der Waals surface area contributed by atoms with Crippen LogP contribution in [0.4, 0.5) is 14.6 Å². The number of ether oxygens (including phenoxy) is 2. The van der Waals surface area contributed by atoms with Crippen molar-refractivity contribution in [3.05, 3.63) is 67.7 Å². The second-order valence-corrected chi connectivity index (χ2v) is 8.64. The molecule has 0 aromatic carbocycles. The Morgan fingerprint density at radius 1 is 1.06 bits per heavy atom. The lowest BCUT2D eigenvalue weighted by Crippen LogP contribution is -2.46. The number of aliphatic imine (C=N–C) groups is 1. The first-order valence-corrected chi connectivity index (χ1v) is 10.7. The van der Waals surface area contributed by atoms with E-state index in [-0.39, 0.29) is 20.3 Å². The molecule has 1 saturated heterocycles. The highest BCUT2D eigenvalue weighted by Crippen LogP contribution is 2.23. The molecular formula is C20H14Br2F2N4O5. The van der Waals surface area contributed by atoms with Gasteiger partial charge in [-0.3, -0.25) is 18.8 Å². The average molecular weight is 588 g/mol. The van der Waals surface area contributed by atoms with Crippen LogP contribution in [0.25, 0.3) is 5.65 Å². The number of rotatable bonds is 2. The van der Waals surface area contributed by atoms with Crippen LogP contribution in [0.2, 0.25) is 0 Å². The molecule has 3 aromatic rings. The standard InChI is InChI=1S/C12H10BrFN2O4.C8H4BrFN2O/c1-12(2)19-10(17)6(11(18)20-12)4-15-9-3-8(14)7(13)5-16-9;9-5-4-12-7(3-6(5)10)11-2-1-8(12)13/h3-6H,1-2H3;1-4H. The van der Waals surface area contributed by atoms with Gasteiger partial charge in [-0.2, -0.15) is 0 Å². The molecule has 4 heterocycles. The Hall–Kier alpha value is -3.06. The maximum absolute atomic E-state index is 13.3. The molecule has 0 atom stereocenters. The Kier molecular flexibility index (Phi) is 7.32. The number of halogens is 4. The molecule has 1 aliphatic rings. The molecule has 4 rings (SSSR count). The van der Waals surface area contributed by atoms with Crippen LogP contribution in [-0.2, 0) is 19.1 Å². The van der Waals surface area contributed by atoms with Gasteiger partial charge in [0.1, 0.15) is 17.3 Å². The maximum atomic E-state index is 13.3. The number of hydrogen-bond donors (Lipinski definition) is 0. The fourth-order valence-corrected chi connectivity index (χ4v) is 3.04. The van der Waals surface area contributed by atoms with Gasteiger partial charge in [0.05, 0.1) is 8.95 Å². The van der Waals surface area contributed by atoms with E-state index in [1.54, 1.807) is 0 Å². The summed E-state index contributed by atoms with van der Waals surface area (Å²) in [5.41, 5.74) is 0.0684. The molecule has 0 bridgehead atoms.